The number of rotatable bonds is 1. The lowest BCUT2D eigenvalue weighted by molar-refractivity contribution is 0.383. The molecule has 0 saturated heterocycles. The van der Waals surface area contributed by atoms with Crippen LogP contribution in [0.1, 0.15) is 5.56 Å². The van der Waals surface area contributed by atoms with Gasteiger partial charge in [0.2, 0.25) is 0 Å². The highest BCUT2D eigenvalue weighted by Gasteiger charge is 2.16. The van der Waals surface area contributed by atoms with E-state index in [2.05, 4.69) is 9.98 Å². The Balaban J connectivity index is 2.35. The molecule has 2 rings (SSSR count). The van der Waals surface area contributed by atoms with Crippen LogP contribution in [0.5, 0.6) is 0 Å². The van der Waals surface area contributed by atoms with Crippen LogP contribution in [-0.2, 0) is 0 Å². The average Bonchev–Trinajstić information content (AvgIpc) is 2.23. The number of amidine groups is 1. The molecule has 1 aliphatic heterocycles. The van der Waals surface area contributed by atoms with Crippen LogP contribution in [0.3, 0.4) is 0 Å². The van der Waals surface area contributed by atoms with Crippen molar-refractivity contribution in [2.45, 2.75) is 6.29 Å². The summed E-state index contributed by atoms with van der Waals surface area (Å²) < 4.78 is 0. The molecule has 14 heavy (non-hydrogen) atoms. The van der Waals surface area contributed by atoms with Gasteiger partial charge in [-0.25, -0.2) is 9.98 Å². The van der Waals surface area contributed by atoms with E-state index in [1.165, 1.54) is 6.34 Å². The first-order chi connectivity index (χ1) is 6.79. The van der Waals surface area contributed by atoms with E-state index < -0.39 is 0 Å². The molecule has 1 aromatic rings. The van der Waals surface area contributed by atoms with E-state index in [1.54, 1.807) is 0 Å². The van der Waals surface area contributed by atoms with Crippen molar-refractivity contribution in [3.8, 4) is 0 Å². The average molecular weight is 188 g/mol. The first kappa shape index (κ1) is 8.90. The first-order valence-electron chi connectivity index (χ1n) is 4.42. The van der Waals surface area contributed by atoms with Crippen molar-refractivity contribution in [1.82, 2.24) is 4.90 Å². The molecule has 72 valence electrons. The summed E-state index contributed by atoms with van der Waals surface area (Å²) >= 11 is 0. The molecule has 0 spiro atoms. The van der Waals surface area contributed by atoms with Crippen LogP contribution >= 0.6 is 0 Å². The van der Waals surface area contributed by atoms with Gasteiger partial charge in [-0.1, -0.05) is 30.3 Å². The van der Waals surface area contributed by atoms with Gasteiger partial charge in [-0.2, -0.15) is 0 Å². The van der Waals surface area contributed by atoms with E-state index in [4.69, 9.17) is 5.73 Å². The van der Waals surface area contributed by atoms with Crippen LogP contribution in [0.15, 0.2) is 40.3 Å². The van der Waals surface area contributed by atoms with Gasteiger partial charge in [-0.15, -0.1) is 0 Å². The monoisotopic (exact) mass is 188 g/mol. The summed E-state index contributed by atoms with van der Waals surface area (Å²) in [6.45, 7) is 0. The lowest BCUT2D eigenvalue weighted by Gasteiger charge is -2.26. The lowest BCUT2D eigenvalue weighted by atomic mass is 10.2. The Morgan fingerprint density at radius 1 is 1.29 bits per heavy atom. The van der Waals surface area contributed by atoms with Crippen molar-refractivity contribution in [3.05, 3.63) is 35.9 Å². The Morgan fingerprint density at radius 2 is 2.00 bits per heavy atom. The summed E-state index contributed by atoms with van der Waals surface area (Å²) in [5.41, 5.74) is 6.81. The Labute approximate surface area is 82.8 Å². The zero-order valence-electron chi connectivity index (χ0n) is 7.96. The third-order valence-corrected chi connectivity index (χ3v) is 2.16. The van der Waals surface area contributed by atoms with E-state index in [9.17, 15) is 0 Å². The van der Waals surface area contributed by atoms with Gasteiger partial charge in [0.15, 0.2) is 6.29 Å². The minimum atomic E-state index is -0.331. The molecule has 0 amide bonds. The molecule has 1 atom stereocenters. The van der Waals surface area contributed by atoms with Gasteiger partial charge in [-0.3, -0.25) is 5.73 Å². The van der Waals surface area contributed by atoms with Gasteiger partial charge in [-0.05, 0) is 0 Å². The van der Waals surface area contributed by atoms with E-state index in [-0.39, 0.29) is 6.29 Å². The molecule has 0 radical (unpaired) electrons. The zero-order chi connectivity index (χ0) is 9.97. The molecule has 0 saturated carbocycles. The quantitative estimate of drug-likeness (QED) is 0.703. The first-order valence-corrected chi connectivity index (χ1v) is 4.42. The summed E-state index contributed by atoms with van der Waals surface area (Å²) in [6.07, 6.45) is 1.18. The largest absolute Gasteiger partial charge is 0.325 e. The standard InChI is InChI=1S/C10H12N4/c1-14-9(12-7-13-10(14)11)8-5-3-2-4-6-8/h2-7,10H,11H2,1H3. The van der Waals surface area contributed by atoms with Crippen LogP contribution in [0.25, 0.3) is 0 Å². The molecule has 1 heterocycles. The predicted molar refractivity (Wildman–Crippen MR) is 57.2 cm³/mol. The zero-order valence-corrected chi connectivity index (χ0v) is 7.96. The highest BCUT2D eigenvalue weighted by atomic mass is 15.4. The summed E-state index contributed by atoms with van der Waals surface area (Å²) in [5.74, 6) is 0.855. The van der Waals surface area contributed by atoms with Gasteiger partial charge >= 0.3 is 0 Å². The van der Waals surface area contributed by atoms with Gasteiger partial charge in [0.05, 0.1) is 0 Å². The number of benzene rings is 1. The second-order valence-electron chi connectivity index (χ2n) is 3.11. The Morgan fingerprint density at radius 3 is 2.71 bits per heavy atom. The topological polar surface area (TPSA) is 54.0 Å². The Kier molecular flexibility index (Phi) is 2.28. The van der Waals surface area contributed by atoms with E-state index in [0.717, 1.165) is 11.4 Å². The molecule has 1 unspecified atom stereocenters. The smallest absolute Gasteiger partial charge is 0.176 e. The van der Waals surface area contributed by atoms with Crippen molar-refractivity contribution in [2.24, 2.45) is 15.7 Å². The van der Waals surface area contributed by atoms with Gasteiger partial charge in [0.1, 0.15) is 12.2 Å². The molecule has 0 bridgehead atoms. The van der Waals surface area contributed by atoms with Crippen molar-refractivity contribution in [1.29, 1.82) is 0 Å². The number of hydrogen-bond donors (Lipinski definition) is 1. The van der Waals surface area contributed by atoms with E-state index in [0.29, 0.717) is 0 Å². The minimum absolute atomic E-state index is 0.331. The number of aliphatic imine (C=N–C) groups is 2. The van der Waals surface area contributed by atoms with Crippen molar-refractivity contribution in [2.75, 3.05) is 7.05 Å². The SMILES string of the molecule is CN1C(c2ccccc2)=NC=NC1N. The molecule has 1 aliphatic rings. The van der Waals surface area contributed by atoms with Gasteiger partial charge < -0.3 is 4.90 Å². The number of hydrogen-bond acceptors (Lipinski definition) is 4. The Hall–Kier alpha value is -1.68. The summed E-state index contributed by atoms with van der Waals surface area (Å²) in [5, 5.41) is 0. The fourth-order valence-electron chi connectivity index (χ4n) is 1.34. The molecule has 0 aliphatic carbocycles. The van der Waals surface area contributed by atoms with E-state index in [1.807, 2.05) is 42.3 Å². The van der Waals surface area contributed by atoms with Crippen LogP contribution in [0, 0.1) is 0 Å². The van der Waals surface area contributed by atoms with Crippen molar-refractivity contribution < 1.29 is 0 Å². The van der Waals surface area contributed by atoms with Crippen LogP contribution in [-0.4, -0.2) is 30.4 Å². The van der Waals surface area contributed by atoms with Crippen LogP contribution in [0.4, 0.5) is 0 Å². The molecule has 2 N–H and O–H groups in total. The fraction of sp³-hybridized carbons (Fsp3) is 0.200. The summed E-state index contributed by atoms with van der Waals surface area (Å²) in [7, 11) is 1.88. The van der Waals surface area contributed by atoms with Gasteiger partial charge in [0, 0.05) is 12.6 Å². The fourth-order valence-corrected chi connectivity index (χ4v) is 1.34. The molecule has 4 heteroatoms. The minimum Gasteiger partial charge on any atom is -0.325 e. The second kappa shape index (κ2) is 3.59. The van der Waals surface area contributed by atoms with Crippen LogP contribution in [0.2, 0.25) is 0 Å². The maximum atomic E-state index is 5.75. The van der Waals surface area contributed by atoms with Crippen molar-refractivity contribution >= 4 is 12.2 Å². The molecule has 1 aromatic carbocycles. The van der Waals surface area contributed by atoms with E-state index >= 15 is 0 Å². The lowest BCUT2D eigenvalue weighted by Crippen LogP contribution is -2.44. The summed E-state index contributed by atoms with van der Waals surface area (Å²) in [6, 6.07) is 9.93. The number of nitrogens with two attached hydrogens (primary N) is 1. The van der Waals surface area contributed by atoms with Crippen LogP contribution < -0.4 is 5.73 Å². The van der Waals surface area contributed by atoms with Crippen molar-refractivity contribution in [3.63, 3.8) is 0 Å². The second-order valence-corrected chi connectivity index (χ2v) is 3.11. The maximum Gasteiger partial charge on any atom is 0.176 e. The van der Waals surface area contributed by atoms with Gasteiger partial charge in [0.25, 0.3) is 0 Å². The highest BCUT2D eigenvalue weighted by Crippen LogP contribution is 2.08. The Bertz CT molecular complexity index is 369. The molecular formula is C10H12N4. The third kappa shape index (κ3) is 1.52. The normalized spacial score (nSPS) is 20.9. The summed E-state index contributed by atoms with van der Waals surface area (Å²) in [4.78, 5) is 10.0. The molecule has 0 fully saturated rings. The molecular weight excluding hydrogens is 176 g/mol. The third-order valence-electron chi connectivity index (χ3n) is 2.16. The highest BCUT2D eigenvalue weighted by molar-refractivity contribution is 6.03. The molecule has 4 nitrogen and oxygen atoms in total. The maximum absolute atomic E-state index is 5.75. The molecule has 0 aromatic heterocycles. The number of nitrogens with zero attached hydrogens (tertiary/aromatic N) is 3. The predicted octanol–water partition coefficient (Wildman–Crippen LogP) is 0.649.